The second kappa shape index (κ2) is 10.8. The van der Waals surface area contributed by atoms with Crippen molar-refractivity contribution in [3.63, 3.8) is 0 Å². The minimum Gasteiger partial charge on any atom is -0.493 e. The third-order valence-electron chi connectivity index (χ3n) is 5.08. The molecule has 1 aliphatic rings. The van der Waals surface area contributed by atoms with Gasteiger partial charge in [0.15, 0.2) is 11.5 Å². The van der Waals surface area contributed by atoms with E-state index in [1.165, 1.54) is 47.8 Å². The van der Waals surface area contributed by atoms with E-state index in [1.54, 1.807) is 6.92 Å². The average molecular weight is 485 g/mol. The molecule has 1 saturated heterocycles. The van der Waals surface area contributed by atoms with Gasteiger partial charge < -0.3 is 19.5 Å². The van der Waals surface area contributed by atoms with Crippen molar-refractivity contribution in [2.45, 2.75) is 37.7 Å². The molecule has 180 valence electrons. The molecule has 11 heteroatoms. The SMILES string of the molecule is CCOc1ccc(NC(=O)c2ccc(OC(F)F)c(OC)c2)cc1S(=O)(=O)N1CCCCC1. The van der Waals surface area contributed by atoms with Crippen LogP contribution in [0.15, 0.2) is 41.3 Å². The summed E-state index contributed by atoms with van der Waals surface area (Å²) >= 11 is 0. The molecule has 1 aliphatic heterocycles. The third kappa shape index (κ3) is 5.91. The predicted octanol–water partition coefficient (Wildman–Crippen LogP) is 4.12. The zero-order chi connectivity index (χ0) is 24.0. The van der Waals surface area contributed by atoms with Gasteiger partial charge in [-0.1, -0.05) is 6.42 Å². The van der Waals surface area contributed by atoms with Crippen molar-refractivity contribution < 1.29 is 36.2 Å². The van der Waals surface area contributed by atoms with Gasteiger partial charge in [0.1, 0.15) is 10.6 Å². The van der Waals surface area contributed by atoms with E-state index in [1.807, 2.05) is 0 Å². The van der Waals surface area contributed by atoms with E-state index in [-0.39, 0.29) is 40.0 Å². The molecule has 0 saturated carbocycles. The standard InChI is InChI=1S/C22H26F2N2O6S/c1-3-31-18-10-8-16(14-20(18)33(28,29)26-11-5-4-6-12-26)25-21(27)15-7-9-17(32-22(23)24)19(13-15)30-2/h7-10,13-14,22H,3-6,11-12H2,1-2H3,(H,25,27). The van der Waals surface area contributed by atoms with E-state index in [4.69, 9.17) is 9.47 Å². The van der Waals surface area contributed by atoms with E-state index in [9.17, 15) is 22.0 Å². The van der Waals surface area contributed by atoms with Crippen molar-refractivity contribution in [2.24, 2.45) is 0 Å². The molecular formula is C22H26F2N2O6S. The van der Waals surface area contributed by atoms with Crippen molar-refractivity contribution in [2.75, 3.05) is 32.1 Å². The highest BCUT2D eigenvalue weighted by molar-refractivity contribution is 7.89. The lowest BCUT2D eigenvalue weighted by molar-refractivity contribution is -0.0512. The molecule has 2 aromatic rings. The van der Waals surface area contributed by atoms with Crippen LogP contribution in [0, 0.1) is 0 Å². The van der Waals surface area contributed by atoms with E-state index >= 15 is 0 Å². The summed E-state index contributed by atoms with van der Waals surface area (Å²) in [5.74, 6) is -0.623. The lowest BCUT2D eigenvalue weighted by Gasteiger charge is -2.27. The van der Waals surface area contributed by atoms with Gasteiger partial charge in [-0.15, -0.1) is 0 Å². The number of hydrogen-bond donors (Lipinski definition) is 1. The van der Waals surface area contributed by atoms with Crippen LogP contribution in [0.2, 0.25) is 0 Å². The average Bonchev–Trinajstić information content (AvgIpc) is 2.80. The van der Waals surface area contributed by atoms with Gasteiger partial charge in [0, 0.05) is 24.3 Å². The Balaban J connectivity index is 1.88. The zero-order valence-electron chi connectivity index (χ0n) is 18.3. The Morgan fingerprint density at radius 3 is 2.39 bits per heavy atom. The molecule has 1 heterocycles. The quantitative estimate of drug-likeness (QED) is 0.576. The highest BCUT2D eigenvalue weighted by Gasteiger charge is 2.29. The fraction of sp³-hybridized carbons (Fsp3) is 0.409. The van der Waals surface area contributed by atoms with Crippen LogP contribution < -0.4 is 19.5 Å². The van der Waals surface area contributed by atoms with Crippen LogP contribution in [0.3, 0.4) is 0 Å². The van der Waals surface area contributed by atoms with E-state index in [2.05, 4.69) is 10.1 Å². The number of carbonyl (C=O) groups is 1. The molecule has 8 nitrogen and oxygen atoms in total. The maximum absolute atomic E-state index is 13.2. The van der Waals surface area contributed by atoms with E-state index in [0.717, 1.165) is 19.3 Å². The monoisotopic (exact) mass is 484 g/mol. The van der Waals surface area contributed by atoms with Gasteiger partial charge >= 0.3 is 6.61 Å². The molecular weight excluding hydrogens is 458 g/mol. The summed E-state index contributed by atoms with van der Waals surface area (Å²) in [5.41, 5.74) is 0.355. The first kappa shape index (κ1) is 24.7. The predicted molar refractivity (Wildman–Crippen MR) is 118 cm³/mol. The Morgan fingerprint density at radius 1 is 1.06 bits per heavy atom. The molecule has 0 aromatic heterocycles. The molecule has 0 spiro atoms. The van der Waals surface area contributed by atoms with Gasteiger partial charge in [0.2, 0.25) is 10.0 Å². The number of benzene rings is 2. The number of hydrogen-bond acceptors (Lipinski definition) is 6. The molecule has 3 rings (SSSR count). The molecule has 0 aliphatic carbocycles. The molecule has 0 atom stereocenters. The summed E-state index contributed by atoms with van der Waals surface area (Å²) in [7, 11) is -2.55. The number of carbonyl (C=O) groups excluding carboxylic acids is 1. The fourth-order valence-corrected chi connectivity index (χ4v) is 5.19. The largest absolute Gasteiger partial charge is 0.493 e. The van der Waals surface area contributed by atoms with E-state index < -0.39 is 22.5 Å². The van der Waals surface area contributed by atoms with Crippen molar-refractivity contribution in [1.82, 2.24) is 4.31 Å². The number of alkyl halides is 2. The van der Waals surface area contributed by atoms with Crippen LogP contribution in [0.25, 0.3) is 0 Å². The van der Waals surface area contributed by atoms with Crippen LogP contribution in [-0.4, -0.2) is 52.0 Å². The summed E-state index contributed by atoms with van der Waals surface area (Å²) in [6, 6.07) is 8.14. The van der Waals surface area contributed by atoms with Crippen molar-refractivity contribution in [3.05, 3.63) is 42.0 Å². The number of amides is 1. The number of piperidine rings is 1. The first-order valence-corrected chi connectivity index (χ1v) is 11.9. The number of methoxy groups -OCH3 is 1. The Bertz CT molecular complexity index is 1090. The molecule has 0 unspecified atom stereocenters. The molecule has 1 N–H and O–H groups in total. The molecule has 2 aromatic carbocycles. The third-order valence-corrected chi connectivity index (χ3v) is 7.00. The van der Waals surface area contributed by atoms with Crippen molar-refractivity contribution in [1.29, 1.82) is 0 Å². The van der Waals surface area contributed by atoms with Gasteiger partial charge in [0.25, 0.3) is 5.91 Å². The first-order chi connectivity index (χ1) is 15.8. The Labute approximate surface area is 191 Å². The zero-order valence-corrected chi connectivity index (χ0v) is 19.2. The minimum absolute atomic E-state index is 0.0256. The number of halogens is 2. The minimum atomic E-state index is -3.82. The Morgan fingerprint density at radius 2 is 1.76 bits per heavy atom. The summed E-state index contributed by atoms with van der Waals surface area (Å²) in [4.78, 5) is 12.7. The maximum atomic E-state index is 13.2. The summed E-state index contributed by atoms with van der Waals surface area (Å²) in [5, 5.41) is 2.63. The van der Waals surface area contributed by atoms with Gasteiger partial charge in [-0.3, -0.25) is 4.79 Å². The fourth-order valence-electron chi connectivity index (χ4n) is 3.51. The molecule has 1 amide bonds. The van der Waals surface area contributed by atoms with Crippen LogP contribution >= 0.6 is 0 Å². The van der Waals surface area contributed by atoms with Crippen LogP contribution in [0.4, 0.5) is 14.5 Å². The van der Waals surface area contributed by atoms with Gasteiger partial charge in [-0.2, -0.15) is 13.1 Å². The van der Waals surface area contributed by atoms with Crippen molar-refractivity contribution in [3.8, 4) is 17.2 Å². The maximum Gasteiger partial charge on any atom is 0.387 e. The smallest absolute Gasteiger partial charge is 0.387 e. The summed E-state index contributed by atoms with van der Waals surface area (Å²) in [6.45, 7) is -0.153. The Kier molecular flexibility index (Phi) is 8.09. The molecule has 0 radical (unpaired) electrons. The van der Waals surface area contributed by atoms with E-state index in [0.29, 0.717) is 13.1 Å². The second-order valence-corrected chi connectivity index (χ2v) is 9.16. The number of anilines is 1. The van der Waals surface area contributed by atoms with Crippen LogP contribution in [0.5, 0.6) is 17.2 Å². The van der Waals surface area contributed by atoms with Crippen LogP contribution in [-0.2, 0) is 10.0 Å². The van der Waals surface area contributed by atoms with Crippen LogP contribution in [0.1, 0.15) is 36.5 Å². The normalized spacial score (nSPS) is 14.7. The molecule has 33 heavy (non-hydrogen) atoms. The molecule has 1 fully saturated rings. The first-order valence-electron chi connectivity index (χ1n) is 10.5. The van der Waals surface area contributed by atoms with Crippen molar-refractivity contribution >= 4 is 21.6 Å². The highest BCUT2D eigenvalue weighted by Crippen LogP contribution is 2.33. The van der Waals surface area contributed by atoms with Gasteiger partial charge in [-0.05, 0) is 56.2 Å². The molecule has 0 bridgehead atoms. The second-order valence-electron chi connectivity index (χ2n) is 7.26. The Hall–Kier alpha value is -2.92. The topological polar surface area (TPSA) is 94.2 Å². The van der Waals surface area contributed by atoms with Gasteiger partial charge in [-0.25, -0.2) is 8.42 Å². The summed E-state index contributed by atoms with van der Waals surface area (Å²) in [6.07, 6.45) is 2.55. The van der Waals surface area contributed by atoms with Gasteiger partial charge in [0.05, 0.1) is 13.7 Å². The number of ether oxygens (including phenoxy) is 3. The lowest BCUT2D eigenvalue weighted by Crippen LogP contribution is -2.35. The highest BCUT2D eigenvalue weighted by atomic mass is 32.2. The number of sulfonamides is 1. The number of rotatable bonds is 9. The summed E-state index contributed by atoms with van der Waals surface area (Å²) < 4.78 is 67.9. The number of nitrogens with one attached hydrogen (secondary N) is 1. The number of nitrogens with zero attached hydrogens (tertiary/aromatic N) is 1. The lowest BCUT2D eigenvalue weighted by atomic mass is 10.2.